The normalized spacial score (nSPS) is 26.8. The second-order valence-corrected chi connectivity index (χ2v) is 4.92. The van der Waals surface area contributed by atoms with Crippen molar-refractivity contribution >= 4 is 11.8 Å². The van der Waals surface area contributed by atoms with Crippen LogP contribution in [0.3, 0.4) is 0 Å². The summed E-state index contributed by atoms with van der Waals surface area (Å²) in [4.78, 5) is 26.1. The molecule has 3 rings (SSSR count). The van der Waals surface area contributed by atoms with Crippen molar-refractivity contribution in [1.29, 1.82) is 0 Å². The molecular formula is C14H16N2O2. The number of benzene rings is 1. The summed E-state index contributed by atoms with van der Waals surface area (Å²) in [5.41, 5.74) is 1.09. The maximum absolute atomic E-state index is 12.3. The van der Waals surface area contributed by atoms with E-state index in [-0.39, 0.29) is 23.9 Å². The molecule has 0 radical (unpaired) electrons. The van der Waals surface area contributed by atoms with Crippen molar-refractivity contribution in [3.05, 3.63) is 35.4 Å². The van der Waals surface area contributed by atoms with Crippen LogP contribution in [-0.4, -0.2) is 35.8 Å². The molecule has 1 heterocycles. The molecule has 2 amide bonds. The van der Waals surface area contributed by atoms with Crippen LogP contribution in [0.25, 0.3) is 0 Å². The lowest BCUT2D eigenvalue weighted by molar-refractivity contribution is 0.0567. The number of nitrogens with zero attached hydrogens (tertiary/aromatic N) is 1. The van der Waals surface area contributed by atoms with Gasteiger partial charge in [-0.3, -0.25) is 14.5 Å². The molecule has 1 aliphatic carbocycles. The number of hydrogen-bond acceptors (Lipinski definition) is 3. The molecular weight excluding hydrogens is 228 g/mol. The van der Waals surface area contributed by atoms with Gasteiger partial charge in [-0.2, -0.15) is 0 Å². The van der Waals surface area contributed by atoms with Crippen molar-refractivity contribution in [2.45, 2.75) is 31.3 Å². The van der Waals surface area contributed by atoms with Gasteiger partial charge in [0.25, 0.3) is 11.8 Å². The minimum atomic E-state index is -0.136. The predicted octanol–water partition coefficient (Wildman–Crippen LogP) is 1.42. The summed E-state index contributed by atoms with van der Waals surface area (Å²) in [7, 11) is 1.89. The first-order valence-electron chi connectivity index (χ1n) is 6.38. The number of hydrogen-bond donors (Lipinski definition) is 1. The lowest BCUT2D eigenvalue weighted by atomic mass is 10.1. The van der Waals surface area contributed by atoms with Crippen LogP contribution in [0.2, 0.25) is 0 Å². The molecule has 18 heavy (non-hydrogen) atoms. The Morgan fingerprint density at radius 3 is 2.28 bits per heavy atom. The van der Waals surface area contributed by atoms with Gasteiger partial charge in [-0.1, -0.05) is 12.1 Å². The van der Waals surface area contributed by atoms with E-state index in [1.54, 1.807) is 24.3 Å². The Morgan fingerprint density at radius 1 is 1.11 bits per heavy atom. The zero-order valence-electron chi connectivity index (χ0n) is 10.3. The van der Waals surface area contributed by atoms with Crippen molar-refractivity contribution in [2.24, 2.45) is 0 Å². The highest BCUT2D eigenvalue weighted by atomic mass is 16.2. The molecule has 4 nitrogen and oxygen atoms in total. The minimum absolute atomic E-state index is 0.00222. The fourth-order valence-electron chi connectivity index (χ4n) is 3.10. The fourth-order valence-corrected chi connectivity index (χ4v) is 3.10. The average Bonchev–Trinajstić information content (AvgIpc) is 2.95. The summed E-state index contributed by atoms with van der Waals surface area (Å²) in [6, 6.07) is 7.31. The third-order valence-corrected chi connectivity index (χ3v) is 4.01. The molecule has 1 aliphatic heterocycles. The SMILES string of the molecule is CN[C@@H]1CCC[C@@H]1N1C(=O)c2ccccc2C1=O. The molecule has 1 N–H and O–H groups in total. The number of nitrogens with one attached hydrogen (secondary N) is 1. The number of rotatable bonds is 2. The van der Waals surface area contributed by atoms with E-state index >= 15 is 0 Å². The van der Waals surface area contributed by atoms with Crippen molar-refractivity contribution in [3.63, 3.8) is 0 Å². The molecule has 0 spiro atoms. The highest BCUT2D eigenvalue weighted by Crippen LogP contribution is 2.31. The van der Waals surface area contributed by atoms with Crippen molar-refractivity contribution < 1.29 is 9.59 Å². The predicted molar refractivity (Wildman–Crippen MR) is 67.4 cm³/mol. The standard InChI is InChI=1S/C14H16N2O2/c1-15-11-7-4-8-12(11)16-13(17)9-5-2-3-6-10(9)14(16)18/h2-3,5-6,11-12,15H,4,7-8H2,1H3/t11-,12+/m1/s1. The van der Waals surface area contributed by atoms with Crippen LogP contribution < -0.4 is 5.32 Å². The van der Waals surface area contributed by atoms with Gasteiger partial charge in [-0.15, -0.1) is 0 Å². The molecule has 0 saturated heterocycles. The van der Waals surface area contributed by atoms with Crippen LogP contribution >= 0.6 is 0 Å². The zero-order valence-corrected chi connectivity index (χ0v) is 10.3. The maximum atomic E-state index is 12.3. The number of imide groups is 1. The quantitative estimate of drug-likeness (QED) is 0.800. The van der Waals surface area contributed by atoms with Crippen LogP contribution in [-0.2, 0) is 0 Å². The van der Waals surface area contributed by atoms with Gasteiger partial charge in [0.15, 0.2) is 0 Å². The third kappa shape index (κ3) is 1.49. The van der Waals surface area contributed by atoms with Gasteiger partial charge in [0.05, 0.1) is 17.2 Å². The zero-order chi connectivity index (χ0) is 12.7. The van der Waals surface area contributed by atoms with Crippen molar-refractivity contribution in [2.75, 3.05) is 7.05 Å². The van der Waals surface area contributed by atoms with E-state index in [0.29, 0.717) is 11.1 Å². The number of amides is 2. The van der Waals surface area contributed by atoms with Gasteiger partial charge in [-0.05, 0) is 38.4 Å². The second kappa shape index (κ2) is 4.21. The molecule has 94 valence electrons. The van der Waals surface area contributed by atoms with Crippen LogP contribution in [0.4, 0.5) is 0 Å². The van der Waals surface area contributed by atoms with E-state index in [1.165, 1.54) is 4.90 Å². The van der Waals surface area contributed by atoms with Crippen LogP contribution in [0, 0.1) is 0 Å². The molecule has 4 heteroatoms. The third-order valence-electron chi connectivity index (χ3n) is 4.01. The van der Waals surface area contributed by atoms with Gasteiger partial charge >= 0.3 is 0 Å². The smallest absolute Gasteiger partial charge is 0.261 e. The Balaban J connectivity index is 1.97. The first-order chi connectivity index (χ1) is 8.74. The molecule has 0 aromatic heterocycles. The van der Waals surface area contributed by atoms with Gasteiger partial charge in [0.1, 0.15) is 0 Å². The Kier molecular flexibility index (Phi) is 2.67. The monoisotopic (exact) mass is 244 g/mol. The Labute approximate surface area is 106 Å². The Hall–Kier alpha value is -1.68. The molecule has 0 unspecified atom stereocenters. The molecule has 2 aliphatic rings. The van der Waals surface area contributed by atoms with Gasteiger partial charge in [0, 0.05) is 6.04 Å². The lowest BCUT2D eigenvalue weighted by Crippen LogP contribution is -2.48. The number of likely N-dealkylation sites (N-methyl/N-ethyl adjacent to an activating group) is 1. The summed E-state index contributed by atoms with van der Waals surface area (Å²) in [5, 5.41) is 3.21. The summed E-state index contributed by atoms with van der Waals surface area (Å²) in [5.74, 6) is -0.273. The summed E-state index contributed by atoms with van der Waals surface area (Å²) < 4.78 is 0. The molecule has 1 saturated carbocycles. The van der Waals surface area contributed by atoms with Gasteiger partial charge < -0.3 is 5.32 Å². The average molecular weight is 244 g/mol. The minimum Gasteiger partial charge on any atom is -0.315 e. The summed E-state index contributed by atoms with van der Waals surface area (Å²) in [6.45, 7) is 0. The van der Waals surface area contributed by atoms with Gasteiger partial charge in [0.2, 0.25) is 0 Å². The van der Waals surface area contributed by atoms with E-state index in [9.17, 15) is 9.59 Å². The maximum Gasteiger partial charge on any atom is 0.261 e. The first-order valence-corrected chi connectivity index (χ1v) is 6.38. The van der Waals surface area contributed by atoms with Crippen LogP contribution in [0.15, 0.2) is 24.3 Å². The van der Waals surface area contributed by atoms with E-state index in [4.69, 9.17) is 0 Å². The summed E-state index contributed by atoms with van der Waals surface area (Å²) >= 11 is 0. The van der Waals surface area contributed by atoms with E-state index in [0.717, 1.165) is 19.3 Å². The summed E-state index contributed by atoms with van der Waals surface area (Å²) in [6.07, 6.45) is 2.98. The largest absolute Gasteiger partial charge is 0.315 e. The molecule has 1 fully saturated rings. The van der Waals surface area contributed by atoms with E-state index in [2.05, 4.69) is 5.32 Å². The first kappa shape index (κ1) is 11.4. The second-order valence-electron chi connectivity index (χ2n) is 4.92. The fraction of sp³-hybridized carbons (Fsp3) is 0.429. The molecule has 2 atom stereocenters. The highest BCUT2D eigenvalue weighted by Gasteiger charge is 2.43. The number of fused-ring (bicyclic) bond motifs is 1. The van der Waals surface area contributed by atoms with Crippen LogP contribution in [0.5, 0.6) is 0 Å². The molecule has 1 aromatic carbocycles. The highest BCUT2D eigenvalue weighted by molar-refractivity contribution is 6.21. The van der Waals surface area contributed by atoms with Crippen molar-refractivity contribution in [1.82, 2.24) is 10.2 Å². The van der Waals surface area contributed by atoms with E-state index < -0.39 is 0 Å². The topological polar surface area (TPSA) is 49.4 Å². The lowest BCUT2D eigenvalue weighted by Gasteiger charge is -2.27. The van der Waals surface area contributed by atoms with Crippen LogP contribution in [0.1, 0.15) is 40.0 Å². The van der Waals surface area contributed by atoms with Gasteiger partial charge in [-0.25, -0.2) is 0 Å². The van der Waals surface area contributed by atoms with Crippen molar-refractivity contribution in [3.8, 4) is 0 Å². The molecule has 1 aromatic rings. The Bertz CT molecular complexity index is 477. The van der Waals surface area contributed by atoms with E-state index in [1.807, 2.05) is 7.05 Å². The molecule has 0 bridgehead atoms. The Morgan fingerprint density at radius 2 is 1.72 bits per heavy atom. The number of carbonyl (C=O) groups is 2. The number of carbonyl (C=O) groups excluding carboxylic acids is 2.